The molecule has 100 valence electrons. The fraction of sp³-hybridized carbons (Fsp3) is 0.467. The van der Waals surface area contributed by atoms with Gasteiger partial charge in [0, 0.05) is 17.7 Å². The number of anilines is 1. The van der Waals surface area contributed by atoms with Gasteiger partial charge in [-0.05, 0) is 25.8 Å². The maximum atomic E-state index is 12.2. The van der Waals surface area contributed by atoms with Gasteiger partial charge in [0.05, 0.1) is 5.92 Å². The van der Waals surface area contributed by atoms with Crippen molar-refractivity contribution in [3.63, 3.8) is 0 Å². The van der Waals surface area contributed by atoms with Crippen LogP contribution in [0.3, 0.4) is 0 Å². The predicted octanol–water partition coefficient (Wildman–Crippen LogP) is 1.89. The molecule has 1 aromatic carbocycles. The Kier molecular flexibility index (Phi) is 2.71. The van der Waals surface area contributed by atoms with Crippen molar-refractivity contribution in [2.24, 2.45) is 5.92 Å². The average Bonchev–Trinajstić information content (AvgIpc) is 2.64. The van der Waals surface area contributed by atoms with Crippen LogP contribution in [-0.2, 0) is 15.2 Å². The van der Waals surface area contributed by atoms with Gasteiger partial charge in [-0.25, -0.2) is 0 Å². The summed E-state index contributed by atoms with van der Waals surface area (Å²) in [6, 6.07) is 5.47. The summed E-state index contributed by atoms with van der Waals surface area (Å²) >= 11 is 0. The van der Waals surface area contributed by atoms with Gasteiger partial charge in [0.1, 0.15) is 5.78 Å². The van der Waals surface area contributed by atoms with Crippen LogP contribution in [0, 0.1) is 12.8 Å². The second-order valence-electron chi connectivity index (χ2n) is 5.53. The van der Waals surface area contributed by atoms with Crippen molar-refractivity contribution in [3.05, 3.63) is 29.3 Å². The molecule has 2 aliphatic rings. The Morgan fingerprint density at radius 2 is 2.11 bits per heavy atom. The van der Waals surface area contributed by atoms with Crippen molar-refractivity contribution < 1.29 is 14.7 Å². The van der Waals surface area contributed by atoms with E-state index < -0.39 is 17.4 Å². The molecule has 3 rings (SSSR count). The molecule has 1 fully saturated rings. The summed E-state index contributed by atoms with van der Waals surface area (Å²) in [5.41, 5.74) is 0.463. The Hall–Kier alpha value is -1.68. The number of hydrogen-bond donors (Lipinski definition) is 2. The lowest BCUT2D eigenvalue weighted by Crippen LogP contribution is -2.46. The fourth-order valence-corrected chi connectivity index (χ4v) is 3.19. The SMILES string of the molecule is Cc1ccc2c(c1)[C@@](O)(C1CCCCC1=O)C(=O)N2. The zero-order chi connectivity index (χ0) is 13.6. The Balaban J connectivity index is 2.10. The molecule has 0 saturated heterocycles. The van der Waals surface area contributed by atoms with Gasteiger partial charge in [-0.3, -0.25) is 9.59 Å². The highest BCUT2D eigenvalue weighted by Crippen LogP contribution is 2.45. The van der Waals surface area contributed by atoms with Gasteiger partial charge in [-0.2, -0.15) is 0 Å². The summed E-state index contributed by atoms with van der Waals surface area (Å²) in [4.78, 5) is 24.3. The molecular weight excluding hydrogens is 242 g/mol. The van der Waals surface area contributed by atoms with E-state index in [9.17, 15) is 14.7 Å². The number of benzene rings is 1. The van der Waals surface area contributed by atoms with Gasteiger partial charge in [0.25, 0.3) is 5.91 Å². The van der Waals surface area contributed by atoms with E-state index >= 15 is 0 Å². The summed E-state index contributed by atoms with van der Waals surface area (Å²) in [6.07, 6.45) is 2.78. The van der Waals surface area contributed by atoms with Gasteiger partial charge in [0.15, 0.2) is 5.60 Å². The normalized spacial score (nSPS) is 30.1. The zero-order valence-corrected chi connectivity index (χ0v) is 10.9. The standard InChI is InChI=1S/C15H17NO3/c1-9-6-7-12-11(8-9)15(19,14(18)16-12)10-4-2-3-5-13(10)17/h6-8,10,19H,2-5H2,1H3,(H,16,18)/t10?,15-/m0/s1. The highest BCUT2D eigenvalue weighted by molar-refractivity contribution is 6.08. The van der Waals surface area contributed by atoms with Crippen LogP contribution >= 0.6 is 0 Å². The molecule has 1 aromatic rings. The smallest absolute Gasteiger partial charge is 0.261 e. The molecule has 1 aliphatic carbocycles. The topological polar surface area (TPSA) is 66.4 Å². The Bertz CT molecular complexity index is 567. The summed E-state index contributed by atoms with van der Waals surface area (Å²) in [5, 5.41) is 13.6. The van der Waals surface area contributed by atoms with Crippen molar-refractivity contribution in [2.45, 2.75) is 38.2 Å². The van der Waals surface area contributed by atoms with E-state index in [0.717, 1.165) is 18.4 Å². The third kappa shape index (κ3) is 1.70. The van der Waals surface area contributed by atoms with Crippen LogP contribution in [0.1, 0.15) is 36.8 Å². The summed E-state index contributed by atoms with van der Waals surface area (Å²) < 4.78 is 0. The average molecular weight is 259 g/mol. The number of fused-ring (bicyclic) bond motifs is 1. The maximum Gasteiger partial charge on any atom is 0.261 e. The lowest BCUT2D eigenvalue weighted by atomic mass is 9.73. The summed E-state index contributed by atoms with van der Waals surface area (Å²) in [5.74, 6) is -1.07. The highest BCUT2D eigenvalue weighted by Gasteiger charge is 2.53. The van der Waals surface area contributed by atoms with E-state index in [0.29, 0.717) is 24.1 Å². The molecule has 0 bridgehead atoms. The van der Waals surface area contributed by atoms with E-state index in [4.69, 9.17) is 0 Å². The van der Waals surface area contributed by atoms with Gasteiger partial charge >= 0.3 is 0 Å². The first-order valence-corrected chi connectivity index (χ1v) is 6.71. The molecular formula is C15H17NO3. The van der Waals surface area contributed by atoms with Crippen molar-refractivity contribution in [1.82, 2.24) is 0 Å². The molecule has 1 unspecified atom stereocenters. The predicted molar refractivity (Wildman–Crippen MR) is 70.7 cm³/mol. The van der Waals surface area contributed by atoms with Gasteiger partial charge in [-0.15, -0.1) is 0 Å². The Morgan fingerprint density at radius 1 is 1.32 bits per heavy atom. The first-order valence-electron chi connectivity index (χ1n) is 6.71. The number of rotatable bonds is 1. The minimum absolute atomic E-state index is 0.00161. The van der Waals surface area contributed by atoms with Crippen LogP contribution in [0.25, 0.3) is 0 Å². The lowest BCUT2D eigenvalue weighted by molar-refractivity contribution is -0.150. The number of nitrogens with one attached hydrogen (secondary N) is 1. The number of hydrogen-bond acceptors (Lipinski definition) is 3. The molecule has 4 heteroatoms. The van der Waals surface area contributed by atoms with Crippen molar-refractivity contribution in [3.8, 4) is 0 Å². The Labute approximate surface area is 111 Å². The molecule has 0 spiro atoms. The van der Waals surface area contributed by atoms with Crippen LogP contribution in [-0.4, -0.2) is 16.8 Å². The Morgan fingerprint density at radius 3 is 2.84 bits per heavy atom. The van der Waals surface area contributed by atoms with Gasteiger partial charge in [0.2, 0.25) is 0 Å². The maximum absolute atomic E-state index is 12.2. The van der Waals surface area contributed by atoms with Crippen molar-refractivity contribution in [2.75, 3.05) is 5.32 Å². The highest BCUT2D eigenvalue weighted by atomic mass is 16.3. The molecule has 19 heavy (non-hydrogen) atoms. The number of carbonyl (C=O) groups is 2. The van der Waals surface area contributed by atoms with Crippen molar-refractivity contribution >= 4 is 17.4 Å². The molecule has 2 atom stereocenters. The summed E-state index contributed by atoms with van der Waals surface area (Å²) in [6.45, 7) is 1.91. The van der Waals surface area contributed by atoms with E-state index in [2.05, 4.69) is 5.32 Å². The monoisotopic (exact) mass is 259 g/mol. The van der Waals surface area contributed by atoms with Crippen molar-refractivity contribution in [1.29, 1.82) is 0 Å². The quantitative estimate of drug-likeness (QED) is 0.809. The first kappa shape index (κ1) is 12.4. The minimum Gasteiger partial charge on any atom is -0.375 e. The number of aryl methyl sites for hydroxylation is 1. The zero-order valence-electron chi connectivity index (χ0n) is 10.9. The van der Waals surface area contributed by atoms with Gasteiger partial charge < -0.3 is 10.4 Å². The molecule has 1 heterocycles. The molecule has 0 radical (unpaired) electrons. The number of aliphatic hydroxyl groups is 1. The van der Waals surface area contributed by atoms with Crippen LogP contribution in [0.4, 0.5) is 5.69 Å². The van der Waals surface area contributed by atoms with Gasteiger partial charge in [-0.1, -0.05) is 24.1 Å². The molecule has 2 N–H and O–H groups in total. The molecule has 1 saturated carbocycles. The molecule has 1 aliphatic heterocycles. The van der Waals surface area contributed by atoms with Crippen LogP contribution in [0.5, 0.6) is 0 Å². The second-order valence-corrected chi connectivity index (χ2v) is 5.53. The molecule has 4 nitrogen and oxygen atoms in total. The first-order chi connectivity index (χ1) is 9.03. The van der Waals surface area contributed by atoms with E-state index in [1.807, 2.05) is 13.0 Å². The number of amides is 1. The number of Topliss-reactive ketones (excluding diaryl/α,β-unsaturated/α-hetero) is 1. The third-order valence-corrected chi connectivity index (χ3v) is 4.24. The largest absolute Gasteiger partial charge is 0.375 e. The second kappa shape index (κ2) is 4.17. The molecule has 1 amide bonds. The molecule has 0 aromatic heterocycles. The van der Waals surface area contributed by atoms with Crippen LogP contribution < -0.4 is 5.32 Å². The van der Waals surface area contributed by atoms with E-state index in [-0.39, 0.29) is 5.78 Å². The summed E-state index contributed by atoms with van der Waals surface area (Å²) in [7, 11) is 0. The lowest BCUT2D eigenvalue weighted by Gasteiger charge is -2.32. The van der Waals surface area contributed by atoms with E-state index in [1.54, 1.807) is 12.1 Å². The van der Waals surface area contributed by atoms with E-state index in [1.165, 1.54) is 0 Å². The number of carbonyl (C=O) groups excluding carboxylic acids is 2. The minimum atomic E-state index is -1.68. The fourth-order valence-electron chi connectivity index (χ4n) is 3.19. The van der Waals surface area contributed by atoms with Crippen LogP contribution in [0.2, 0.25) is 0 Å². The third-order valence-electron chi connectivity index (χ3n) is 4.24. The number of ketones is 1. The van der Waals surface area contributed by atoms with Crippen LogP contribution in [0.15, 0.2) is 18.2 Å².